The number of fused-ring (bicyclic) bond motifs is 1. The minimum Gasteiger partial charge on any atom is -0.372 e. The van der Waals surface area contributed by atoms with Gasteiger partial charge in [-0.15, -0.1) is 11.3 Å². The Labute approximate surface area is 183 Å². The lowest BCUT2D eigenvalue weighted by Gasteiger charge is -2.35. The summed E-state index contributed by atoms with van der Waals surface area (Å²) in [6.45, 7) is 5.08. The maximum absolute atomic E-state index is 12.1. The second-order valence-corrected chi connectivity index (χ2v) is 8.60. The molecule has 0 unspecified atom stereocenters. The summed E-state index contributed by atoms with van der Waals surface area (Å²) in [5.41, 5.74) is 3.53. The summed E-state index contributed by atoms with van der Waals surface area (Å²) >= 11 is 1.63. The number of thiophene rings is 1. The third-order valence-corrected chi connectivity index (χ3v) is 6.30. The molecule has 1 saturated heterocycles. The van der Waals surface area contributed by atoms with Gasteiger partial charge in [0.1, 0.15) is 23.6 Å². The van der Waals surface area contributed by atoms with Crippen molar-refractivity contribution in [3.05, 3.63) is 41.5 Å². The summed E-state index contributed by atoms with van der Waals surface area (Å²) < 4.78 is 41.1. The molecule has 1 aromatic carbocycles. The first-order valence-corrected chi connectivity index (χ1v) is 11.2. The average Bonchev–Trinajstić information content (AvgIpc) is 3.18. The predicted octanol–water partition coefficient (Wildman–Crippen LogP) is 4.76. The number of alkyl halides is 3. The molecule has 0 spiro atoms. The number of aromatic nitrogens is 2. The summed E-state index contributed by atoms with van der Waals surface area (Å²) in [5.74, 6) is 0.954. The van der Waals surface area contributed by atoms with Crippen LogP contribution >= 0.6 is 11.3 Å². The maximum Gasteiger partial charge on any atom is 0.411 e. The lowest BCUT2D eigenvalue weighted by molar-refractivity contribution is -0.174. The van der Waals surface area contributed by atoms with Crippen molar-refractivity contribution in [2.45, 2.75) is 19.5 Å². The summed E-state index contributed by atoms with van der Waals surface area (Å²) in [7, 11) is 0. The number of hydrogen-bond donors (Lipinski definition) is 0. The molecule has 1 aliphatic rings. The minimum atomic E-state index is -4.26. The Hall–Kier alpha value is -2.23. The van der Waals surface area contributed by atoms with E-state index in [4.69, 9.17) is 4.74 Å². The summed E-state index contributed by atoms with van der Waals surface area (Å²) in [4.78, 5) is 14.6. The molecule has 1 fully saturated rings. The van der Waals surface area contributed by atoms with Gasteiger partial charge in [0.2, 0.25) is 0 Å². The molecule has 2 aromatic heterocycles. The molecular weight excluding hydrogens is 425 g/mol. The van der Waals surface area contributed by atoms with Crippen LogP contribution in [0.2, 0.25) is 0 Å². The summed E-state index contributed by atoms with van der Waals surface area (Å²) in [6.07, 6.45) is -2.04. The fourth-order valence-electron chi connectivity index (χ4n) is 3.81. The lowest BCUT2D eigenvalue weighted by Crippen LogP contribution is -2.47. The van der Waals surface area contributed by atoms with Gasteiger partial charge in [0.05, 0.1) is 5.39 Å². The van der Waals surface area contributed by atoms with Crippen LogP contribution in [0.15, 0.2) is 36.0 Å². The zero-order chi connectivity index (χ0) is 21.8. The number of halogens is 3. The molecule has 5 nitrogen and oxygen atoms in total. The van der Waals surface area contributed by atoms with E-state index in [1.54, 1.807) is 17.7 Å². The van der Waals surface area contributed by atoms with Crippen LogP contribution in [0.4, 0.5) is 19.0 Å². The quantitative estimate of drug-likeness (QED) is 0.486. The number of hydrogen-bond acceptors (Lipinski definition) is 6. The van der Waals surface area contributed by atoms with Crippen LogP contribution < -0.4 is 4.90 Å². The normalized spacial score (nSPS) is 15.7. The molecular formula is C22H25F3N4OS. The highest BCUT2D eigenvalue weighted by atomic mass is 32.1. The minimum absolute atomic E-state index is 0.126. The topological polar surface area (TPSA) is 41.5 Å². The van der Waals surface area contributed by atoms with E-state index in [1.165, 1.54) is 5.56 Å². The fraction of sp³-hybridized carbons (Fsp3) is 0.455. The van der Waals surface area contributed by atoms with Crippen LogP contribution in [0, 0.1) is 6.92 Å². The summed E-state index contributed by atoms with van der Waals surface area (Å²) in [6, 6.07) is 8.48. The molecule has 0 N–H and O–H groups in total. The van der Waals surface area contributed by atoms with E-state index in [-0.39, 0.29) is 6.61 Å². The maximum atomic E-state index is 12.1. The SMILES string of the molecule is Cc1ccc(-c2csc3ncnc(N4CCN(CCCOCC(F)(F)F)CC4)c23)cc1. The molecule has 0 atom stereocenters. The molecule has 9 heteroatoms. The van der Waals surface area contributed by atoms with E-state index >= 15 is 0 Å². The number of piperazine rings is 1. The van der Waals surface area contributed by atoms with Crippen LogP contribution in [0.3, 0.4) is 0 Å². The van der Waals surface area contributed by atoms with Crippen LogP contribution in [-0.2, 0) is 4.74 Å². The molecule has 0 aliphatic carbocycles. The Morgan fingerprint density at radius 3 is 2.52 bits per heavy atom. The van der Waals surface area contributed by atoms with Crippen molar-refractivity contribution in [2.75, 3.05) is 50.8 Å². The molecule has 3 heterocycles. The zero-order valence-electron chi connectivity index (χ0n) is 17.4. The largest absolute Gasteiger partial charge is 0.411 e. The fourth-order valence-corrected chi connectivity index (χ4v) is 4.72. The molecule has 31 heavy (non-hydrogen) atoms. The van der Waals surface area contributed by atoms with Crippen molar-refractivity contribution >= 4 is 27.4 Å². The molecule has 0 radical (unpaired) electrons. The van der Waals surface area contributed by atoms with Gasteiger partial charge in [0.15, 0.2) is 0 Å². The van der Waals surface area contributed by atoms with Gasteiger partial charge < -0.3 is 9.64 Å². The van der Waals surface area contributed by atoms with Gasteiger partial charge in [-0.25, -0.2) is 9.97 Å². The Kier molecular flexibility index (Phi) is 6.74. The smallest absolute Gasteiger partial charge is 0.372 e. The van der Waals surface area contributed by atoms with E-state index in [0.717, 1.165) is 59.9 Å². The number of nitrogens with zero attached hydrogens (tertiary/aromatic N) is 4. The number of benzene rings is 1. The number of rotatable bonds is 7. The standard InChI is InChI=1S/C22H25F3N4OS/c1-16-3-5-17(6-4-16)18-13-31-21-19(18)20(26-15-27-21)29-10-8-28(9-11-29)7-2-12-30-14-22(23,24)25/h3-6,13,15H,2,7-12,14H2,1H3. The van der Waals surface area contributed by atoms with Gasteiger partial charge in [0.25, 0.3) is 0 Å². The number of aryl methyl sites for hydroxylation is 1. The third kappa shape index (κ3) is 5.53. The van der Waals surface area contributed by atoms with Gasteiger partial charge in [-0.3, -0.25) is 4.90 Å². The average molecular weight is 451 g/mol. The zero-order valence-corrected chi connectivity index (χ0v) is 18.2. The Balaban J connectivity index is 1.39. The number of anilines is 1. The van der Waals surface area contributed by atoms with E-state index in [2.05, 4.69) is 56.3 Å². The monoisotopic (exact) mass is 450 g/mol. The van der Waals surface area contributed by atoms with Crippen LogP contribution in [-0.4, -0.2) is 67.0 Å². The Morgan fingerprint density at radius 2 is 1.81 bits per heavy atom. The van der Waals surface area contributed by atoms with E-state index in [1.807, 2.05) is 0 Å². The first kappa shape index (κ1) is 22.0. The van der Waals surface area contributed by atoms with E-state index in [9.17, 15) is 13.2 Å². The van der Waals surface area contributed by atoms with Gasteiger partial charge in [-0.2, -0.15) is 13.2 Å². The van der Waals surface area contributed by atoms with Crippen molar-refractivity contribution in [2.24, 2.45) is 0 Å². The highest BCUT2D eigenvalue weighted by Gasteiger charge is 2.27. The molecule has 0 bridgehead atoms. The predicted molar refractivity (Wildman–Crippen MR) is 118 cm³/mol. The van der Waals surface area contributed by atoms with Crippen molar-refractivity contribution in [3.63, 3.8) is 0 Å². The van der Waals surface area contributed by atoms with Gasteiger partial charge in [0, 0.05) is 50.3 Å². The second-order valence-electron chi connectivity index (χ2n) is 7.74. The van der Waals surface area contributed by atoms with Crippen LogP contribution in [0.1, 0.15) is 12.0 Å². The van der Waals surface area contributed by atoms with Gasteiger partial charge in [-0.1, -0.05) is 29.8 Å². The lowest BCUT2D eigenvalue weighted by atomic mass is 10.0. The van der Waals surface area contributed by atoms with Crippen molar-refractivity contribution in [1.82, 2.24) is 14.9 Å². The molecule has 1 aliphatic heterocycles. The first-order chi connectivity index (χ1) is 14.9. The molecule has 0 saturated carbocycles. The van der Waals surface area contributed by atoms with Crippen molar-refractivity contribution < 1.29 is 17.9 Å². The molecule has 3 aromatic rings. The third-order valence-electron chi connectivity index (χ3n) is 5.41. The molecule has 166 valence electrons. The Morgan fingerprint density at radius 1 is 1.06 bits per heavy atom. The molecule has 0 amide bonds. The second kappa shape index (κ2) is 9.50. The van der Waals surface area contributed by atoms with Crippen molar-refractivity contribution in [1.29, 1.82) is 0 Å². The van der Waals surface area contributed by atoms with Crippen LogP contribution in [0.25, 0.3) is 21.3 Å². The molecule has 4 rings (SSSR count). The highest BCUT2D eigenvalue weighted by molar-refractivity contribution is 7.17. The van der Waals surface area contributed by atoms with Crippen LogP contribution in [0.5, 0.6) is 0 Å². The van der Waals surface area contributed by atoms with Gasteiger partial charge >= 0.3 is 6.18 Å². The van der Waals surface area contributed by atoms with Crippen molar-refractivity contribution in [3.8, 4) is 11.1 Å². The number of ether oxygens (including phenoxy) is 1. The first-order valence-electron chi connectivity index (χ1n) is 10.3. The Bertz CT molecular complexity index is 998. The van der Waals surface area contributed by atoms with E-state index < -0.39 is 12.8 Å². The van der Waals surface area contributed by atoms with Gasteiger partial charge in [-0.05, 0) is 18.9 Å². The summed E-state index contributed by atoms with van der Waals surface area (Å²) in [5, 5.41) is 3.23. The van der Waals surface area contributed by atoms with E-state index in [0.29, 0.717) is 6.42 Å². The highest BCUT2D eigenvalue weighted by Crippen LogP contribution is 2.38.